The first-order valence-electron chi connectivity index (χ1n) is 10.7. The van der Waals surface area contributed by atoms with Gasteiger partial charge in [-0.1, -0.05) is 24.3 Å². The number of nitrogens with zero attached hydrogens (tertiary/aromatic N) is 1. The first kappa shape index (κ1) is 20.4. The van der Waals surface area contributed by atoms with E-state index in [0.717, 1.165) is 60.8 Å². The summed E-state index contributed by atoms with van der Waals surface area (Å²) in [5, 5.41) is 6.39. The molecule has 2 aromatic rings. The third-order valence-electron chi connectivity index (χ3n) is 5.95. The number of hydrogen-bond acceptors (Lipinski definition) is 4. The van der Waals surface area contributed by atoms with Crippen molar-refractivity contribution in [3.05, 3.63) is 59.2 Å². The Balaban J connectivity index is 1.35. The molecule has 4 rings (SSSR count). The predicted octanol–water partition coefficient (Wildman–Crippen LogP) is 3.54. The summed E-state index contributed by atoms with van der Waals surface area (Å²) in [7, 11) is 1.39. The van der Waals surface area contributed by atoms with Crippen LogP contribution in [-0.4, -0.2) is 38.7 Å². The maximum Gasteiger partial charge on any atom is 0.414 e. The number of ether oxygens (including phenoxy) is 1. The molecule has 1 saturated heterocycles. The molecule has 0 bridgehead atoms. The largest absolute Gasteiger partial charge is 0.452 e. The highest BCUT2D eigenvalue weighted by Crippen LogP contribution is 2.30. The maximum absolute atomic E-state index is 12.5. The van der Waals surface area contributed by atoms with Crippen molar-refractivity contribution in [2.45, 2.75) is 32.1 Å². The van der Waals surface area contributed by atoms with Gasteiger partial charge in [-0.15, -0.1) is 0 Å². The van der Waals surface area contributed by atoms with Gasteiger partial charge in [0.05, 0.1) is 19.2 Å². The van der Waals surface area contributed by atoms with Crippen LogP contribution in [0.3, 0.4) is 0 Å². The van der Waals surface area contributed by atoms with Crippen molar-refractivity contribution in [1.82, 2.24) is 5.32 Å². The van der Waals surface area contributed by atoms with E-state index in [1.54, 1.807) is 4.90 Å². The Morgan fingerprint density at radius 3 is 2.70 bits per heavy atom. The zero-order chi connectivity index (χ0) is 20.9. The van der Waals surface area contributed by atoms with Crippen molar-refractivity contribution in [3.8, 4) is 0 Å². The first-order chi connectivity index (χ1) is 14.6. The van der Waals surface area contributed by atoms with Gasteiger partial charge in [-0.25, -0.2) is 4.79 Å². The van der Waals surface area contributed by atoms with Crippen LogP contribution in [0.2, 0.25) is 0 Å². The van der Waals surface area contributed by atoms with Crippen molar-refractivity contribution >= 4 is 23.4 Å². The number of methoxy groups -OCH3 is 1. The first-order valence-corrected chi connectivity index (χ1v) is 10.7. The van der Waals surface area contributed by atoms with E-state index in [9.17, 15) is 9.59 Å². The van der Waals surface area contributed by atoms with Crippen LogP contribution in [0.5, 0.6) is 0 Å². The summed E-state index contributed by atoms with van der Waals surface area (Å²) in [6, 6.07) is 14.1. The molecule has 2 amide bonds. The summed E-state index contributed by atoms with van der Waals surface area (Å²) in [6.45, 7) is 2.87. The van der Waals surface area contributed by atoms with Crippen LogP contribution in [0.1, 0.15) is 29.5 Å². The third-order valence-corrected chi connectivity index (χ3v) is 5.95. The highest BCUT2D eigenvalue weighted by Gasteiger charge is 2.23. The van der Waals surface area contributed by atoms with E-state index >= 15 is 0 Å². The van der Waals surface area contributed by atoms with E-state index in [4.69, 9.17) is 4.74 Å². The van der Waals surface area contributed by atoms with E-state index in [1.807, 2.05) is 18.2 Å². The van der Waals surface area contributed by atoms with Gasteiger partial charge in [-0.3, -0.25) is 9.69 Å². The van der Waals surface area contributed by atoms with Crippen LogP contribution in [0.15, 0.2) is 42.5 Å². The molecule has 30 heavy (non-hydrogen) atoms. The lowest BCUT2D eigenvalue weighted by Crippen LogP contribution is -2.35. The Bertz CT molecular complexity index is 904. The van der Waals surface area contributed by atoms with E-state index in [2.05, 4.69) is 34.9 Å². The molecule has 1 atom stereocenters. The number of nitrogens with one attached hydrogen (secondary N) is 2. The van der Waals surface area contributed by atoms with E-state index < -0.39 is 0 Å². The molecule has 0 radical (unpaired) electrons. The van der Waals surface area contributed by atoms with Crippen molar-refractivity contribution in [2.24, 2.45) is 5.92 Å². The van der Waals surface area contributed by atoms with Crippen LogP contribution in [-0.2, 0) is 28.8 Å². The number of carbonyl (C=O) groups excluding carboxylic acids is 2. The number of carbonyl (C=O) groups is 2. The fourth-order valence-electron chi connectivity index (χ4n) is 4.38. The third kappa shape index (κ3) is 4.82. The molecule has 1 unspecified atom stereocenters. The van der Waals surface area contributed by atoms with E-state index in [-0.39, 0.29) is 12.0 Å². The zero-order valence-corrected chi connectivity index (χ0v) is 17.4. The molecule has 2 aliphatic heterocycles. The number of benzene rings is 2. The van der Waals surface area contributed by atoms with Crippen LogP contribution in [0, 0.1) is 5.92 Å². The van der Waals surface area contributed by atoms with E-state index in [0.29, 0.717) is 13.0 Å². The molecule has 158 valence electrons. The molecule has 2 heterocycles. The second kappa shape index (κ2) is 9.30. The summed E-state index contributed by atoms with van der Waals surface area (Å²) >= 11 is 0. The Hall–Kier alpha value is -2.86. The minimum atomic E-state index is -0.347. The Morgan fingerprint density at radius 1 is 1.17 bits per heavy atom. The second-order valence-corrected chi connectivity index (χ2v) is 8.17. The number of aryl methyl sites for hydroxylation is 1. The molecule has 6 nitrogen and oxygen atoms in total. The van der Waals surface area contributed by atoms with Gasteiger partial charge in [0.2, 0.25) is 5.91 Å². The van der Waals surface area contributed by atoms with Crippen molar-refractivity contribution in [2.75, 3.05) is 37.0 Å². The molecule has 0 spiro atoms. The smallest absolute Gasteiger partial charge is 0.414 e. The summed E-state index contributed by atoms with van der Waals surface area (Å²) < 4.78 is 4.87. The normalized spacial score (nSPS) is 18.0. The fraction of sp³-hybridized carbons (Fsp3) is 0.417. The molecule has 0 saturated carbocycles. The molecule has 2 aliphatic rings. The Labute approximate surface area is 177 Å². The maximum atomic E-state index is 12.5. The summed E-state index contributed by atoms with van der Waals surface area (Å²) in [5.41, 5.74) is 5.01. The molecule has 0 aliphatic carbocycles. The number of anilines is 2. The number of hydrogen-bond donors (Lipinski definition) is 2. The SMILES string of the molecule is COC(=O)N1CCCc2cc(NC(=O)Cc3ccc(CC4CCNC4)cc3)ccc21. The topological polar surface area (TPSA) is 70.7 Å². The number of amides is 2. The quantitative estimate of drug-likeness (QED) is 0.795. The molecule has 0 aromatic heterocycles. The average Bonchev–Trinajstić information content (AvgIpc) is 3.27. The minimum Gasteiger partial charge on any atom is -0.452 e. The minimum absolute atomic E-state index is 0.0386. The highest BCUT2D eigenvalue weighted by molar-refractivity contribution is 5.94. The van der Waals surface area contributed by atoms with Gasteiger partial charge in [0, 0.05) is 12.2 Å². The summed E-state index contributed by atoms with van der Waals surface area (Å²) in [5.74, 6) is 0.682. The molecule has 1 fully saturated rings. The van der Waals surface area contributed by atoms with Gasteiger partial charge >= 0.3 is 6.09 Å². The Morgan fingerprint density at radius 2 is 1.97 bits per heavy atom. The highest BCUT2D eigenvalue weighted by atomic mass is 16.5. The molecule has 6 heteroatoms. The summed E-state index contributed by atoms with van der Waals surface area (Å²) in [4.78, 5) is 26.1. The van der Waals surface area contributed by atoms with Gasteiger partial charge in [-0.2, -0.15) is 0 Å². The Kier molecular flexibility index (Phi) is 6.33. The van der Waals surface area contributed by atoms with Crippen molar-refractivity contribution < 1.29 is 14.3 Å². The van der Waals surface area contributed by atoms with Crippen LogP contribution >= 0.6 is 0 Å². The van der Waals surface area contributed by atoms with Crippen LogP contribution in [0.4, 0.5) is 16.2 Å². The molecule has 2 aromatic carbocycles. The number of rotatable bonds is 5. The number of fused-ring (bicyclic) bond motifs is 1. The lowest BCUT2D eigenvalue weighted by atomic mass is 9.97. The monoisotopic (exact) mass is 407 g/mol. The summed E-state index contributed by atoms with van der Waals surface area (Å²) in [6.07, 6.45) is 4.09. The van der Waals surface area contributed by atoms with Gasteiger partial charge in [0.15, 0.2) is 0 Å². The van der Waals surface area contributed by atoms with Gasteiger partial charge in [-0.05, 0) is 79.6 Å². The van der Waals surface area contributed by atoms with Crippen LogP contribution in [0.25, 0.3) is 0 Å². The fourth-order valence-corrected chi connectivity index (χ4v) is 4.38. The lowest BCUT2D eigenvalue weighted by molar-refractivity contribution is -0.115. The van der Waals surface area contributed by atoms with Crippen molar-refractivity contribution in [1.29, 1.82) is 0 Å². The zero-order valence-electron chi connectivity index (χ0n) is 17.4. The average molecular weight is 408 g/mol. The van der Waals surface area contributed by atoms with Gasteiger partial charge in [0.25, 0.3) is 0 Å². The van der Waals surface area contributed by atoms with Crippen molar-refractivity contribution in [3.63, 3.8) is 0 Å². The molecule has 2 N–H and O–H groups in total. The van der Waals surface area contributed by atoms with Crippen LogP contribution < -0.4 is 15.5 Å². The standard InChI is InChI=1S/C24H29N3O3/c1-30-24(29)27-12-2-3-20-15-21(8-9-22(20)27)26-23(28)14-18-6-4-17(5-7-18)13-19-10-11-25-16-19/h4-9,15,19,25H,2-3,10-14,16H2,1H3,(H,26,28). The molecular formula is C24H29N3O3. The van der Waals surface area contributed by atoms with Gasteiger partial charge < -0.3 is 15.4 Å². The lowest BCUT2D eigenvalue weighted by Gasteiger charge is -2.28. The second-order valence-electron chi connectivity index (χ2n) is 8.17. The van der Waals surface area contributed by atoms with Gasteiger partial charge in [0.1, 0.15) is 0 Å². The molecular weight excluding hydrogens is 378 g/mol. The van der Waals surface area contributed by atoms with E-state index in [1.165, 1.54) is 19.1 Å². The predicted molar refractivity (Wildman–Crippen MR) is 118 cm³/mol.